The van der Waals surface area contributed by atoms with Crippen molar-refractivity contribution < 1.29 is 4.74 Å². The quantitative estimate of drug-likeness (QED) is 0.805. The summed E-state index contributed by atoms with van der Waals surface area (Å²) in [6, 6.07) is 6.15. The summed E-state index contributed by atoms with van der Waals surface area (Å²) in [6.45, 7) is 5.79. The lowest BCUT2D eigenvalue weighted by molar-refractivity contribution is 0.0354. The number of hydrogen-bond donors (Lipinski definition) is 0. The average Bonchev–Trinajstić information content (AvgIpc) is 2.96. The molecular formula is C14H19N5O. The van der Waals surface area contributed by atoms with Crippen LogP contribution in [0.25, 0.3) is 0 Å². The van der Waals surface area contributed by atoms with Crippen LogP contribution in [0.1, 0.15) is 18.5 Å². The van der Waals surface area contributed by atoms with Gasteiger partial charge in [-0.3, -0.25) is 4.90 Å². The number of nitrogens with zero attached hydrogens (tertiary/aromatic N) is 5. The zero-order valence-corrected chi connectivity index (χ0v) is 11.5. The van der Waals surface area contributed by atoms with E-state index in [-0.39, 0.29) is 0 Å². The van der Waals surface area contributed by atoms with Gasteiger partial charge in [-0.1, -0.05) is 0 Å². The third kappa shape index (κ3) is 2.89. The predicted molar refractivity (Wildman–Crippen MR) is 74.4 cm³/mol. The molecule has 0 saturated carbocycles. The second kappa shape index (κ2) is 6.16. The van der Waals surface area contributed by atoms with E-state index in [9.17, 15) is 0 Å². The Bertz CT molecular complexity index is 477. The third-order valence-electron chi connectivity index (χ3n) is 4.01. The maximum Gasteiger partial charge on any atom is 0.163 e. The van der Waals surface area contributed by atoms with Gasteiger partial charge in [0.15, 0.2) is 11.5 Å². The summed E-state index contributed by atoms with van der Waals surface area (Å²) in [5.74, 6) is 0.889. The predicted octanol–water partition coefficient (Wildman–Crippen LogP) is 0.649. The molecule has 2 fully saturated rings. The minimum atomic E-state index is 0.373. The molecule has 0 amide bonds. The van der Waals surface area contributed by atoms with Crippen molar-refractivity contribution in [3.05, 3.63) is 17.8 Å². The fourth-order valence-corrected chi connectivity index (χ4v) is 2.95. The highest BCUT2D eigenvalue weighted by Crippen LogP contribution is 2.24. The fourth-order valence-electron chi connectivity index (χ4n) is 2.95. The van der Waals surface area contributed by atoms with Gasteiger partial charge in [-0.05, 0) is 25.0 Å². The summed E-state index contributed by atoms with van der Waals surface area (Å²) >= 11 is 0. The Morgan fingerprint density at radius 3 is 2.80 bits per heavy atom. The maximum atomic E-state index is 8.78. The van der Waals surface area contributed by atoms with E-state index in [2.05, 4.69) is 20.0 Å². The van der Waals surface area contributed by atoms with E-state index in [0.29, 0.717) is 11.7 Å². The number of morpholine rings is 1. The van der Waals surface area contributed by atoms with Crippen molar-refractivity contribution in [1.29, 1.82) is 5.26 Å². The van der Waals surface area contributed by atoms with Gasteiger partial charge in [0, 0.05) is 32.2 Å². The number of hydrogen-bond acceptors (Lipinski definition) is 6. The van der Waals surface area contributed by atoms with Crippen LogP contribution in [0.15, 0.2) is 12.1 Å². The van der Waals surface area contributed by atoms with Gasteiger partial charge in [-0.25, -0.2) is 0 Å². The molecule has 0 N–H and O–H groups in total. The third-order valence-corrected chi connectivity index (χ3v) is 4.01. The van der Waals surface area contributed by atoms with Crippen LogP contribution in [0.4, 0.5) is 5.82 Å². The monoisotopic (exact) mass is 273 g/mol. The van der Waals surface area contributed by atoms with Gasteiger partial charge < -0.3 is 9.64 Å². The Morgan fingerprint density at radius 1 is 1.25 bits per heavy atom. The highest BCUT2D eigenvalue weighted by Gasteiger charge is 2.28. The lowest BCUT2D eigenvalue weighted by Crippen LogP contribution is -2.45. The standard InChI is InChI=1S/C14H19N5O/c15-10-12-3-4-14(17-16-12)19-5-1-2-13(19)11-18-6-8-20-9-7-18/h3-4,13H,1-2,5-9,11H2/t13-/m1/s1. The topological polar surface area (TPSA) is 65.3 Å². The molecule has 1 atom stereocenters. The van der Waals surface area contributed by atoms with Crippen molar-refractivity contribution in [2.75, 3.05) is 44.3 Å². The number of anilines is 1. The van der Waals surface area contributed by atoms with Gasteiger partial charge in [0.1, 0.15) is 6.07 Å². The van der Waals surface area contributed by atoms with E-state index in [1.807, 2.05) is 12.1 Å². The largest absolute Gasteiger partial charge is 0.379 e. The molecule has 20 heavy (non-hydrogen) atoms. The molecule has 0 aliphatic carbocycles. The van der Waals surface area contributed by atoms with E-state index >= 15 is 0 Å². The second-order valence-corrected chi connectivity index (χ2v) is 5.29. The SMILES string of the molecule is N#Cc1ccc(N2CCC[C@@H]2CN2CCOCC2)nn1. The van der Waals surface area contributed by atoms with Crippen molar-refractivity contribution in [3.8, 4) is 6.07 Å². The van der Waals surface area contributed by atoms with Crippen molar-refractivity contribution in [2.45, 2.75) is 18.9 Å². The molecule has 0 bridgehead atoms. The minimum Gasteiger partial charge on any atom is -0.379 e. The second-order valence-electron chi connectivity index (χ2n) is 5.29. The Labute approximate surface area is 119 Å². The molecule has 6 nitrogen and oxygen atoms in total. The first-order valence-corrected chi connectivity index (χ1v) is 7.17. The van der Waals surface area contributed by atoms with Gasteiger partial charge in [0.2, 0.25) is 0 Å². The first-order valence-electron chi connectivity index (χ1n) is 7.17. The first-order chi connectivity index (χ1) is 9.86. The van der Waals surface area contributed by atoms with E-state index in [4.69, 9.17) is 10.00 Å². The summed E-state index contributed by atoms with van der Waals surface area (Å²) in [7, 11) is 0. The normalized spacial score (nSPS) is 23.8. The Hall–Kier alpha value is -1.71. The summed E-state index contributed by atoms with van der Waals surface area (Å²) in [5, 5.41) is 16.9. The van der Waals surface area contributed by atoms with E-state index in [0.717, 1.165) is 45.2 Å². The summed E-state index contributed by atoms with van der Waals surface area (Å²) in [5.41, 5.74) is 0.373. The van der Waals surface area contributed by atoms with Gasteiger partial charge in [-0.2, -0.15) is 5.26 Å². The van der Waals surface area contributed by atoms with Crippen molar-refractivity contribution in [2.24, 2.45) is 0 Å². The van der Waals surface area contributed by atoms with Crippen LogP contribution >= 0.6 is 0 Å². The zero-order valence-electron chi connectivity index (χ0n) is 11.5. The van der Waals surface area contributed by atoms with Crippen molar-refractivity contribution in [3.63, 3.8) is 0 Å². The fraction of sp³-hybridized carbons (Fsp3) is 0.643. The highest BCUT2D eigenvalue weighted by atomic mass is 16.5. The van der Waals surface area contributed by atoms with Crippen LogP contribution in [0.3, 0.4) is 0 Å². The lowest BCUT2D eigenvalue weighted by atomic mass is 10.2. The lowest BCUT2D eigenvalue weighted by Gasteiger charge is -2.33. The van der Waals surface area contributed by atoms with E-state index < -0.39 is 0 Å². The molecule has 3 rings (SSSR count). The Morgan fingerprint density at radius 2 is 2.10 bits per heavy atom. The molecule has 2 saturated heterocycles. The van der Waals surface area contributed by atoms with Gasteiger partial charge >= 0.3 is 0 Å². The van der Waals surface area contributed by atoms with Crippen LogP contribution in [-0.2, 0) is 4.74 Å². The molecule has 106 valence electrons. The Balaban J connectivity index is 1.66. The number of ether oxygens (including phenoxy) is 1. The minimum absolute atomic E-state index is 0.373. The molecule has 0 aromatic carbocycles. The van der Waals surface area contributed by atoms with Crippen LogP contribution < -0.4 is 4.90 Å². The summed E-state index contributed by atoms with van der Waals surface area (Å²) in [6.07, 6.45) is 2.38. The maximum absolute atomic E-state index is 8.78. The van der Waals surface area contributed by atoms with Gasteiger partial charge in [0.05, 0.1) is 13.2 Å². The molecule has 3 heterocycles. The molecule has 6 heteroatoms. The molecule has 2 aliphatic rings. The molecule has 0 unspecified atom stereocenters. The number of rotatable bonds is 3. The van der Waals surface area contributed by atoms with Gasteiger partial charge in [0.25, 0.3) is 0 Å². The van der Waals surface area contributed by atoms with E-state index in [1.54, 1.807) is 6.07 Å². The number of aromatic nitrogens is 2. The summed E-state index contributed by atoms with van der Waals surface area (Å²) < 4.78 is 5.39. The molecular weight excluding hydrogens is 254 g/mol. The Kier molecular flexibility index (Phi) is 4.09. The van der Waals surface area contributed by atoms with Crippen molar-refractivity contribution in [1.82, 2.24) is 15.1 Å². The molecule has 1 aromatic heterocycles. The van der Waals surface area contributed by atoms with Crippen LogP contribution in [0, 0.1) is 11.3 Å². The molecule has 2 aliphatic heterocycles. The smallest absolute Gasteiger partial charge is 0.163 e. The molecule has 0 spiro atoms. The van der Waals surface area contributed by atoms with Crippen molar-refractivity contribution >= 4 is 5.82 Å². The van der Waals surface area contributed by atoms with Gasteiger partial charge in [-0.15, -0.1) is 10.2 Å². The molecule has 1 aromatic rings. The van der Waals surface area contributed by atoms with Crippen LogP contribution in [0.2, 0.25) is 0 Å². The van der Waals surface area contributed by atoms with Crippen LogP contribution in [0.5, 0.6) is 0 Å². The average molecular weight is 273 g/mol. The molecule has 0 radical (unpaired) electrons. The first kappa shape index (κ1) is 13.3. The summed E-state index contributed by atoms with van der Waals surface area (Å²) in [4.78, 5) is 4.78. The van der Waals surface area contributed by atoms with Crippen LogP contribution in [-0.4, -0.2) is 60.5 Å². The zero-order chi connectivity index (χ0) is 13.8. The highest BCUT2D eigenvalue weighted by molar-refractivity contribution is 5.41. The van der Waals surface area contributed by atoms with E-state index in [1.165, 1.54) is 12.8 Å². The number of nitriles is 1.